The van der Waals surface area contributed by atoms with E-state index in [1.807, 2.05) is 0 Å². The van der Waals surface area contributed by atoms with Crippen molar-refractivity contribution in [2.24, 2.45) is 0 Å². The maximum absolute atomic E-state index is 10.8. The Morgan fingerprint density at radius 2 is 2.42 bits per heavy atom. The summed E-state index contributed by atoms with van der Waals surface area (Å²) in [5.74, 6) is 0.736. The van der Waals surface area contributed by atoms with Crippen LogP contribution in [-0.2, 0) is 0 Å². The first-order chi connectivity index (χ1) is 5.86. The van der Waals surface area contributed by atoms with E-state index in [2.05, 4.69) is 10.5 Å². The number of nitrogens with one attached hydrogen (secondary N) is 2. The molecule has 0 unspecified atom stereocenters. The Morgan fingerprint density at radius 3 is 3.00 bits per heavy atom. The van der Waals surface area contributed by atoms with Gasteiger partial charge in [-0.3, -0.25) is 4.79 Å². The summed E-state index contributed by atoms with van der Waals surface area (Å²) in [6.45, 7) is 1.01. The lowest BCUT2D eigenvalue weighted by Crippen LogP contribution is -2.26. The molecule has 1 fully saturated rings. The molecule has 0 aromatic carbocycles. The van der Waals surface area contributed by atoms with Gasteiger partial charge in [0.05, 0.1) is 6.04 Å². The van der Waals surface area contributed by atoms with Gasteiger partial charge < -0.3 is 9.84 Å². The van der Waals surface area contributed by atoms with Crippen LogP contribution < -0.4 is 10.9 Å². The van der Waals surface area contributed by atoms with Crippen LogP contribution in [0.3, 0.4) is 0 Å². The van der Waals surface area contributed by atoms with Crippen LogP contribution in [0.1, 0.15) is 31.1 Å². The van der Waals surface area contributed by atoms with Crippen LogP contribution in [0.2, 0.25) is 0 Å². The molecular formula is C8H12N2O2. The highest BCUT2D eigenvalue weighted by molar-refractivity contribution is 5.01. The van der Waals surface area contributed by atoms with Crippen molar-refractivity contribution in [3.05, 3.63) is 22.2 Å². The van der Waals surface area contributed by atoms with Gasteiger partial charge in [0.1, 0.15) is 0 Å². The van der Waals surface area contributed by atoms with Crippen molar-refractivity contribution in [1.29, 1.82) is 0 Å². The third-order valence-electron chi connectivity index (χ3n) is 2.20. The Balaban J connectivity index is 2.13. The van der Waals surface area contributed by atoms with E-state index in [-0.39, 0.29) is 11.6 Å². The third kappa shape index (κ3) is 1.43. The second-order valence-electron chi connectivity index (χ2n) is 3.12. The molecule has 0 radical (unpaired) electrons. The molecule has 1 saturated heterocycles. The second kappa shape index (κ2) is 3.15. The lowest BCUT2D eigenvalue weighted by atomic mass is 10.0. The van der Waals surface area contributed by atoms with Crippen molar-refractivity contribution in [2.45, 2.75) is 25.3 Å². The number of H-pyrrole nitrogens is 1. The van der Waals surface area contributed by atoms with Gasteiger partial charge in [-0.15, -0.1) is 0 Å². The van der Waals surface area contributed by atoms with E-state index < -0.39 is 0 Å². The number of rotatable bonds is 1. The second-order valence-corrected chi connectivity index (χ2v) is 3.12. The van der Waals surface area contributed by atoms with Crippen molar-refractivity contribution < 1.29 is 4.52 Å². The molecular weight excluding hydrogens is 156 g/mol. The third-order valence-corrected chi connectivity index (χ3v) is 2.20. The molecule has 0 saturated carbocycles. The minimum atomic E-state index is -0.155. The van der Waals surface area contributed by atoms with Crippen molar-refractivity contribution in [3.63, 3.8) is 0 Å². The summed E-state index contributed by atoms with van der Waals surface area (Å²) in [5, 5.41) is 5.59. The Morgan fingerprint density at radius 1 is 1.50 bits per heavy atom. The van der Waals surface area contributed by atoms with Gasteiger partial charge in [-0.05, 0) is 19.4 Å². The summed E-state index contributed by atoms with van der Waals surface area (Å²) in [7, 11) is 0. The predicted octanol–water partition coefficient (Wildman–Crippen LogP) is 0.782. The fourth-order valence-electron chi connectivity index (χ4n) is 1.56. The first kappa shape index (κ1) is 7.61. The molecule has 1 aliphatic heterocycles. The number of hydrogen-bond donors (Lipinski definition) is 2. The molecule has 0 spiro atoms. The molecule has 2 rings (SSSR count). The lowest BCUT2D eigenvalue weighted by molar-refractivity contribution is 0.303. The van der Waals surface area contributed by atoms with Crippen LogP contribution in [0.15, 0.2) is 15.4 Å². The molecule has 1 aromatic rings. The lowest BCUT2D eigenvalue weighted by Gasteiger charge is -2.20. The zero-order valence-electron chi connectivity index (χ0n) is 6.80. The fraction of sp³-hybridized carbons (Fsp3) is 0.625. The maximum Gasteiger partial charge on any atom is 0.280 e. The summed E-state index contributed by atoms with van der Waals surface area (Å²) < 4.78 is 5.00. The summed E-state index contributed by atoms with van der Waals surface area (Å²) in [5.41, 5.74) is -0.155. The highest BCUT2D eigenvalue weighted by Crippen LogP contribution is 2.20. The number of hydrogen-bond acceptors (Lipinski definition) is 3. The zero-order chi connectivity index (χ0) is 8.39. The van der Waals surface area contributed by atoms with E-state index in [1.165, 1.54) is 18.9 Å². The highest BCUT2D eigenvalue weighted by atomic mass is 16.5. The van der Waals surface area contributed by atoms with Crippen LogP contribution in [0.5, 0.6) is 0 Å². The van der Waals surface area contributed by atoms with Crippen LogP contribution in [0.4, 0.5) is 0 Å². The van der Waals surface area contributed by atoms with E-state index >= 15 is 0 Å². The van der Waals surface area contributed by atoms with Gasteiger partial charge in [0.2, 0.25) is 0 Å². The largest absolute Gasteiger partial charge is 0.382 e. The maximum atomic E-state index is 10.8. The topological polar surface area (TPSA) is 58.0 Å². The van der Waals surface area contributed by atoms with Crippen LogP contribution in [0, 0.1) is 0 Å². The molecule has 66 valence electrons. The Kier molecular flexibility index (Phi) is 1.99. The molecule has 4 heteroatoms. The number of aromatic amines is 1. The van der Waals surface area contributed by atoms with Gasteiger partial charge in [0.25, 0.3) is 5.56 Å². The van der Waals surface area contributed by atoms with Gasteiger partial charge in [-0.1, -0.05) is 6.42 Å². The minimum absolute atomic E-state index is 0.155. The van der Waals surface area contributed by atoms with Crippen molar-refractivity contribution >= 4 is 0 Å². The molecule has 0 aliphatic carbocycles. The first-order valence-corrected chi connectivity index (χ1v) is 4.28. The van der Waals surface area contributed by atoms with E-state index in [0.717, 1.165) is 18.7 Å². The average molecular weight is 168 g/mol. The number of aromatic nitrogens is 1. The molecule has 4 nitrogen and oxygen atoms in total. The van der Waals surface area contributed by atoms with Crippen molar-refractivity contribution in [2.75, 3.05) is 6.54 Å². The first-order valence-electron chi connectivity index (χ1n) is 4.28. The van der Waals surface area contributed by atoms with Crippen LogP contribution >= 0.6 is 0 Å². The van der Waals surface area contributed by atoms with E-state index in [1.54, 1.807) is 0 Å². The van der Waals surface area contributed by atoms with Gasteiger partial charge in [-0.25, -0.2) is 0 Å². The summed E-state index contributed by atoms with van der Waals surface area (Å²) in [6.07, 6.45) is 3.47. The molecule has 2 heterocycles. The normalized spacial score (nSPS) is 24.2. The van der Waals surface area contributed by atoms with E-state index in [0.29, 0.717) is 0 Å². The monoisotopic (exact) mass is 168 g/mol. The molecule has 2 N–H and O–H groups in total. The molecule has 12 heavy (non-hydrogen) atoms. The minimum Gasteiger partial charge on any atom is -0.382 e. The standard InChI is InChI=1S/C8H12N2O2/c11-8-5-7(12-10-8)6-3-1-2-4-9-6/h5-6,9H,1-4H2,(H,10,11)/t6-/m1/s1. The van der Waals surface area contributed by atoms with Gasteiger partial charge >= 0.3 is 0 Å². The smallest absolute Gasteiger partial charge is 0.280 e. The Hall–Kier alpha value is -1.03. The van der Waals surface area contributed by atoms with Gasteiger partial charge in [0.15, 0.2) is 5.76 Å². The summed E-state index contributed by atoms with van der Waals surface area (Å²) in [4.78, 5) is 10.8. The fourth-order valence-corrected chi connectivity index (χ4v) is 1.56. The SMILES string of the molecule is O=c1cc([C@H]2CCCCN2)o[nH]1. The van der Waals surface area contributed by atoms with Crippen molar-refractivity contribution in [1.82, 2.24) is 10.5 Å². The average Bonchev–Trinajstić information content (AvgIpc) is 2.54. The Bertz CT molecular complexity index is 296. The number of piperidine rings is 1. The quantitative estimate of drug-likeness (QED) is 0.651. The highest BCUT2D eigenvalue weighted by Gasteiger charge is 2.17. The Labute approximate surface area is 69.9 Å². The van der Waals surface area contributed by atoms with Gasteiger partial charge in [-0.2, -0.15) is 5.16 Å². The summed E-state index contributed by atoms with van der Waals surface area (Å²) >= 11 is 0. The zero-order valence-corrected chi connectivity index (χ0v) is 6.80. The summed E-state index contributed by atoms with van der Waals surface area (Å²) in [6, 6.07) is 1.75. The molecule has 1 atom stereocenters. The van der Waals surface area contributed by atoms with E-state index in [9.17, 15) is 4.79 Å². The molecule has 1 aliphatic rings. The van der Waals surface area contributed by atoms with E-state index in [4.69, 9.17) is 4.52 Å². The van der Waals surface area contributed by atoms with Crippen molar-refractivity contribution in [3.8, 4) is 0 Å². The molecule has 0 amide bonds. The predicted molar refractivity (Wildman–Crippen MR) is 43.9 cm³/mol. The molecule has 0 bridgehead atoms. The molecule has 1 aromatic heterocycles. The van der Waals surface area contributed by atoms with Gasteiger partial charge in [0, 0.05) is 6.07 Å². The van der Waals surface area contributed by atoms with Crippen LogP contribution in [0.25, 0.3) is 0 Å². The van der Waals surface area contributed by atoms with Crippen LogP contribution in [-0.4, -0.2) is 11.7 Å².